The van der Waals surface area contributed by atoms with Crippen LogP contribution in [-0.4, -0.2) is 125 Å². The van der Waals surface area contributed by atoms with E-state index in [-0.39, 0.29) is 44.1 Å². The number of hydrogen-bond donors (Lipinski definition) is 7. The lowest BCUT2D eigenvalue weighted by Gasteiger charge is -2.41. The third-order valence-electron chi connectivity index (χ3n) is 10.8. The van der Waals surface area contributed by atoms with Gasteiger partial charge >= 0.3 is 0 Å². The molecule has 1 aromatic heterocycles. The molecule has 8 amide bonds. The Morgan fingerprint density at radius 2 is 1.48 bits per heavy atom. The van der Waals surface area contributed by atoms with E-state index in [9.17, 15) is 47.9 Å². The van der Waals surface area contributed by atoms with Crippen molar-refractivity contribution >= 4 is 47.3 Å². The summed E-state index contributed by atoms with van der Waals surface area (Å²) in [6.45, 7) is 7.02. The summed E-state index contributed by atoms with van der Waals surface area (Å²) in [5.41, 5.74) is 6.21. The van der Waals surface area contributed by atoms with E-state index in [2.05, 4.69) is 26.6 Å². The molecular formula is C46H59F2N9O9. The van der Waals surface area contributed by atoms with E-state index in [0.29, 0.717) is 11.3 Å². The second-order valence-electron chi connectivity index (χ2n) is 17.2. The lowest BCUT2D eigenvalue weighted by atomic mass is 9.82. The molecule has 0 saturated carbocycles. The number of amides is 8. The molecule has 8 N–H and O–H groups in total. The van der Waals surface area contributed by atoms with Gasteiger partial charge < -0.3 is 46.9 Å². The fourth-order valence-electron chi connectivity index (χ4n) is 7.65. The summed E-state index contributed by atoms with van der Waals surface area (Å²) < 4.78 is 31.6. The molecular weight excluding hydrogens is 861 g/mol. The van der Waals surface area contributed by atoms with Gasteiger partial charge in [-0.3, -0.25) is 43.3 Å². The molecule has 1 unspecified atom stereocenters. The van der Waals surface area contributed by atoms with Crippen LogP contribution in [0.2, 0.25) is 0 Å². The molecule has 0 bridgehead atoms. The maximum atomic E-state index is 15.3. The highest BCUT2D eigenvalue weighted by molar-refractivity contribution is 6.14. The Kier molecular flexibility index (Phi) is 18.4. The Morgan fingerprint density at radius 3 is 2.08 bits per heavy atom. The van der Waals surface area contributed by atoms with Crippen molar-refractivity contribution in [1.29, 1.82) is 0 Å². The van der Waals surface area contributed by atoms with Gasteiger partial charge in [0.1, 0.15) is 36.9 Å². The number of aliphatic hydroxyl groups is 1. The number of nitrogens with zero attached hydrogens (tertiary/aromatic N) is 3. The van der Waals surface area contributed by atoms with Gasteiger partial charge in [0.05, 0.1) is 18.5 Å². The number of halogens is 2. The lowest BCUT2D eigenvalue weighted by Crippen LogP contribution is -2.58. The van der Waals surface area contributed by atoms with Crippen molar-refractivity contribution in [2.45, 2.75) is 78.2 Å². The third-order valence-corrected chi connectivity index (χ3v) is 10.8. The van der Waals surface area contributed by atoms with Crippen molar-refractivity contribution in [2.24, 2.45) is 17.1 Å². The van der Waals surface area contributed by atoms with E-state index >= 15 is 4.39 Å². The van der Waals surface area contributed by atoms with Crippen LogP contribution in [0.5, 0.6) is 0 Å². The Balaban J connectivity index is 1.70. The van der Waals surface area contributed by atoms with Crippen LogP contribution in [0.3, 0.4) is 0 Å². The molecule has 3 aromatic rings. The van der Waals surface area contributed by atoms with Gasteiger partial charge in [-0.2, -0.15) is 0 Å². The molecule has 1 aliphatic rings. The number of primary amides is 1. The first kappa shape index (κ1) is 51.8. The zero-order chi connectivity index (χ0) is 48.9. The summed E-state index contributed by atoms with van der Waals surface area (Å²) in [7, 11) is 1.54. The van der Waals surface area contributed by atoms with Crippen LogP contribution in [0.4, 0.5) is 8.78 Å². The third kappa shape index (κ3) is 14.1. The molecule has 2 aromatic carbocycles. The van der Waals surface area contributed by atoms with Crippen molar-refractivity contribution in [3.8, 4) is 11.1 Å². The summed E-state index contributed by atoms with van der Waals surface area (Å²) in [4.78, 5) is 106. The van der Waals surface area contributed by atoms with Crippen molar-refractivity contribution in [2.75, 3.05) is 39.8 Å². The molecule has 0 fully saturated rings. The molecule has 4 atom stereocenters. The number of hydrogen-bond acceptors (Lipinski definition) is 10. The number of likely N-dealkylation sites (N-methyl/N-ethyl adjacent to an activating group) is 1. The van der Waals surface area contributed by atoms with Crippen molar-refractivity contribution in [3.05, 3.63) is 95.8 Å². The number of imide groups is 1. The summed E-state index contributed by atoms with van der Waals surface area (Å²) in [6.07, 6.45) is 2.73. The molecule has 0 radical (unpaired) electrons. The van der Waals surface area contributed by atoms with Gasteiger partial charge in [-0.05, 0) is 54.6 Å². The highest BCUT2D eigenvalue weighted by Gasteiger charge is 2.39. The standard InChI is InChI=1S/C46H59F2N9O9/c1-27(2)41(50-6)45(66)54-34(22-36(49)59)44(65)53-33(43(64)52-18-17-51-37(60)25-57-38(61)14-15-39(57)62)16-19-56(40(63)26-58)42(46(3,4)5)35-20-29(31-21-30(47)12-13-32(31)48)24-55(35)23-28-10-8-7-9-11-28/h7-15,20-21,24,27,33-34,41-42,50,58H,16-19,22-23,25-26H2,1-6H3,(H2,49,59)(H,51,60)(H,52,64)(H,53,65)(H,54,66)/t33-,34-,41?,42-/m0/s1. The zero-order valence-electron chi connectivity index (χ0n) is 37.9. The molecule has 1 aliphatic heterocycles. The number of nitrogens with one attached hydrogen (secondary N) is 5. The molecule has 356 valence electrons. The second-order valence-corrected chi connectivity index (χ2v) is 17.2. The maximum Gasteiger partial charge on any atom is 0.254 e. The molecule has 66 heavy (non-hydrogen) atoms. The number of carbonyl (C=O) groups is 8. The Labute approximate surface area is 381 Å². The number of benzene rings is 2. The SMILES string of the molecule is CNC(C(=O)N[C@@H](CC(N)=O)C(=O)N[C@@H](CCN(C(=O)CO)[C@@H](c1cc(-c2cc(F)ccc2F)cn1Cc1ccccc1)C(C)(C)C)C(=O)NCCNC(=O)CN1C(=O)C=CC1=O)C(C)C. The van der Waals surface area contributed by atoms with Gasteiger partial charge in [0.2, 0.25) is 35.4 Å². The minimum absolute atomic E-state index is 0.0338. The highest BCUT2D eigenvalue weighted by atomic mass is 19.1. The molecule has 18 nitrogen and oxygen atoms in total. The minimum Gasteiger partial charge on any atom is -0.387 e. The molecule has 2 heterocycles. The molecule has 0 spiro atoms. The van der Waals surface area contributed by atoms with Crippen molar-refractivity contribution in [3.63, 3.8) is 0 Å². The van der Waals surface area contributed by atoms with E-state index in [1.165, 1.54) is 4.90 Å². The summed E-state index contributed by atoms with van der Waals surface area (Å²) in [6, 6.07) is 9.23. The number of rotatable bonds is 23. The monoisotopic (exact) mass is 919 g/mol. The first-order valence-electron chi connectivity index (χ1n) is 21.4. The summed E-state index contributed by atoms with van der Waals surface area (Å²) in [5, 5.41) is 23.4. The van der Waals surface area contributed by atoms with Crippen LogP contribution in [0.1, 0.15) is 64.8 Å². The smallest absolute Gasteiger partial charge is 0.254 e. The van der Waals surface area contributed by atoms with Gasteiger partial charge in [-0.1, -0.05) is 65.0 Å². The van der Waals surface area contributed by atoms with E-state index in [1.807, 2.05) is 51.1 Å². The normalized spacial score (nSPS) is 14.4. The highest BCUT2D eigenvalue weighted by Crippen LogP contribution is 2.41. The van der Waals surface area contributed by atoms with E-state index in [1.54, 1.807) is 37.7 Å². The molecule has 0 saturated heterocycles. The maximum absolute atomic E-state index is 15.3. The number of nitrogens with two attached hydrogens (primary N) is 1. The number of aliphatic hydroxyl groups excluding tert-OH is 1. The van der Waals surface area contributed by atoms with Gasteiger partial charge in [0.15, 0.2) is 0 Å². The molecule has 4 rings (SSSR count). The van der Waals surface area contributed by atoms with Crippen LogP contribution >= 0.6 is 0 Å². The van der Waals surface area contributed by atoms with Crippen LogP contribution < -0.4 is 32.3 Å². The van der Waals surface area contributed by atoms with Crippen molar-refractivity contribution in [1.82, 2.24) is 41.0 Å². The summed E-state index contributed by atoms with van der Waals surface area (Å²) in [5.74, 6) is -7.72. The van der Waals surface area contributed by atoms with Gasteiger partial charge in [0, 0.05) is 61.3 Å². The van der Waals surface area contributed by atoms with E-state index in [0.717, 1.165) is 40.8 Å². The molecule has 20 heteroatoms. The molecule has 0 aliphatic carbocycles. The van der Waals surface area contributed by atoms with Crippen LogP contribution in [0, 0.1) is 23.0 Å². The fraction of sp³-hybridized carbons (Fsp3) is 0.435. The average Bonchev–Trinajstić information content (AvgIpc) is 3.80. The van der Waals surface area contributed by atoms with Crippen LogP contribution in [0.15, 0.2) is 72.9 Å². The Morgan fingerprint density at radius 1 is 0.848 bits per heavy atom. The van der Waals surface area contributed by atoms with Gasteiger partial charge in [-0.15, -0.1) is 0 Å². The average molecular weight is 920 g/mol. The van der Waals surface area contributed by atoms with E-state index in [4.69, 9.17) is 5.73 Å². The number of carbonyl (C=O) groups excluding carboxylic acids is 8. The first-order chi connectivity index (χ1) is 31.1. The Hall–Kier alpha value is -6.80. The quantitative estimate of drug-likeness (QED) is 0.0526. The fourth-order valence-corrected chi connectivity index (χ4v) is 7.65. The Bertz CT molecular complexity index is 2280. The lowest BCUT2D eigenvalue weighted by molar-refractivity contribution is -0.141. The largest absolute Gasteiger partial charge is 0.387 e. The van der Waals surface area contributed by atoms with E-state index < -0.39 is 108 Å². The summed E-state index contributed by atoms with van der Waals surface area (Å²) >= 11 is 0. The topological polar surface area (TPSA) is 254 Å². The van der Waals surface area contributed by atoms with Crippen LogP contribution in [-0.2, 0) is 44.9 Å². The van der Waals surface area contributed by atoms with Crippen molar-refractivity contribution < 1.29 is 52.2 Å². The van der Waals surface area contributed by atoms with Gasteiger partial charge in [-0.25, -0.2) is 8.78 Å². The zero-order valence-corrected chi connectivity index (χ0v) is 37.9. The minimum atomic E-state index is -1.54. The van der Waals surface area contributed by atoms with Crippen LogP contribution in [0.25, 0.3) is 11.1 Å². The first-order valence-corrected chi connectivity index (χ1v) is 21.4. The second kappa shape index (κ2) is 23.4. The van der Waals surface area contributed by atoms with Gasteiger partial charge in [0.25, 0.3) is 11.8 Å². The predicted molar refractivity (Wildman–Crippen MR) is 238 cm³/mol. The predicted octanol–water partition coefficient (Wildman–Crippen LogP) is 1.03. The number of aromatic nitrogens is 1.